The highest BCUT2D eigenvalue weighted by molar-refractivity contribution is 5.02. The van der Waals surface area contributed by atoms with Crippen LogP contribution in [0.3, 0.4) is 0 Å². The Morgan fingerprint density at radius 1 is 0.684 bits per heavy atom. The maximum absolute atomic E-state index is 2.71. The van der Waals surface area contributed by atoms with Crippen LogP contribution in [0.15, 0.2) is 0 Å². The van der Waals surface area contributed by atoms with Gasteiger partial charge in [-0.2, -0.15) is 0 Å². The van der Waals surface area contributed by atoms with Crippen molar-refractivity contribution in [2.75, 3.05) is 0 Å². The molecule has 0 heteroatoms. The Morgan fingerprint density at radius 2 is 1.53 bits per heavy atom. The van der Waals surface area contributed by atoms with E-state index in [1.165, 1.54) is 12.8 Å². The Bertz CT molecular complexity index is 333. The van der Waals surface area contributed by atoms with Crippen molar-refractivity contribution in [1.82, 2.24) is 0 Å². The topological polar surface area (TPSA) is 0 Å². The second-order valence-electron chi connectivity index (χ2n) is 8.58. The zero-order valence-electron chi connectivity index (χ0n) is 12.9. The summed E-state index contributed by atoms with van der Waals surface area (Å²) in [5.74, 6) is 5.64. The van der Waals surface area contributed by atoms with Crippen molar-refractivity contribution in [3.63, 3.8) is 0 Å². The number of rotatable bonds is 0. The van der Waals surface area contributed by atoms with E-state index in [0.29, 0.717) is 0 Å². The van der Waals surface area contributed by atoms with Gasteiger partial charge in [-0.3, -0.25) is 0 Å². The van der Waals surface area contributed by atoms with Gasteiger partial charge in [-0.25, -0.2) is 0 Å². The lowest BCUT2D eigenvalue weighted by atomic mass is 9.46. The second kappa shape index (κ2) is 4.78. The minimum atomic E-state index is 0.754. The highest BCUT2D eigenvalue weighted by Gasteiger charge is 2.53. The molecule has 0 radical (unpaired) electrons. The van der Waals surface area contributed by atoms with Crippen LogP contribution in [0.1, 0.15) is 84.0 Å². The molecule has 4 aliphatic carbocycles. The Morgan fingerprint density at radius 3 is 2.47 bits per heavy atom. The summed E-state index contributed by atoms with van der Waals surface area (Å²) in [5, 5.41) is 0. The van der Waals surface area contributed by atoms with E-state index in [2.05, 4.69) is 6.92 Å². The minimum absolute atomic E-state index is 0.754. The zero-order valence-corrected chi connectivity index (χ0v) is 12.9. The summed E-state index contributed by atoms with van der Waals surface area (Å²) in [6.07, 6.45) is 18.8. The number of fused-ring (bicyclic) bond motifs is 5. The second-order valence-corrected chi connectivity index (χ2v) is 8.58. The van der Waals surface area contributed by atoms with Gasteiger partial charge >= 0.3 is 0 Å². The molecule has 4 saturated carbocycles. The first-order chi connectivity index (χ1) is 9.29. The SMILES string of the molecule is C[C@]12CCCC[C@@H]1CC[C@H]1[C@@H]3CCCC[C@@H]3CC[C@@H]12. The van der Waals surface area contributed by atoms with Crippen molar-refractivity contribution in [2.45, 2.75) is 84.0 Å². The first-order valence-corrected chi connectivity index (χ1v) is 9.29. The molecule has 0 aliphatic heterocycles. The summed E-state index contributed by atoms with van der Waals surface area (Å²) < 4.78 is 0. The van der Waals surface area contributed by atoms with Gasteiger partial charge in [-0.1, -0.05) is 39.0 Å². The van der Waals surface area contributed by atoms with Crippen molar-refractivity contribution >= 4 is 0 Å². The van der Waals surface area contributed by atoms with Gasteiger partial charge in [-0.15, -0.1) is 0 Å². The third-order valence-corrected chi connectivity index (χ3v) is 8.03. The summed E-state index contributed by atoms with van der Waals surface area (Å²) in [6.45, 7) is 2.71. The molecule has 4 fully saturated rings. The normalized spacial score (nSPS) is 53.8. The van der Waals surface area contributed by atoms with Crippen LogP contribution in [-0.4, -0.2) is 0 Å². The molecule has 0 aromatic rings. The minimum Gasteiger partial charge on any atom is -0.0591 e. The van der Waals surface area contributed by atoms with Crippen LogP contribution < -0.4 is 0 Å². The van der Waals surface area contributed by atoms with Crippen LogP contribution in [0.4, 0.5) is 0 Å². The molecule has 0 spiro atoms. The summed E-state index contributed by atoms with van der Waals surface area (Å²) in [7, 11) is 0. The van der Waals surface area contributed by atoms with Crippen molar-refractivity contribution in [2.24, 2.45) is 35.0 Å². The van der Waals surface area contributed by atoms with Crippen LogP contribution in [0.25, 0.3) is 0 Å². The third kappa shape index (κ3) is 1.92. The summed E-state index contributed by atoms with van der Waals surface area (Å²) in [6, 6.07) is 0. The molecule has 0 heterocycles. The van der Waals surface area contributed by atoms with Crippen LogP contribution in [0.2, 0.25) is 0 Å². The molecule has 0 nitrogen and oxygen atoms in total. The lowest BCUT2D eigenvalue weighted by Gasteiger charge is -2.59. The van der Waals surface area contributed by atoms with Crippen LogP contribution in [0, 0.1) is 35.0 Å². The van der Waals surface area contributed by atoms with Gasteiger partial charge in [0.25, 0.3) is 0 Å². The largest absolute Gasteiger partial charge is 0.0591 e. The molecule has 4 aliphatic rings. The fourth-order valence-electron chi connectivity index (χ4n) is 7.08. The molecule has 108 valence electrons. The fourth-order valence-corrected chi connectivity index (χ4v) is 7.08. The van der Waals surface area contributed by atoms with E-state index in [1.54, 1.807) is 64.2 Å². The average Bonchev–Trinajstić information content (AvgIpc) is 2.46. The summed E-state index contributed by atoms with van der Waals surface area (Å²) >= 11 is 0. The lowest BCUT2D eigenvalue weighted by molar-refractivity contribution is -0.0968. The molecule has 0 aromatic heterocycles. The maximum Gasteiger partial charge on any atom is -0.0266 e. The van der Waals surface area contributed by atoms with E-state index >= 15 is 0 Å². The van der Waals surface area contributed by atoms with Crippen LogP contribution in [-0.2, 0) is 0 Å². The lowest BCUT2D eigenvalue weighted by Crippen LogP contribution is -2.51. The molecule has 0 bridgehead atoms. The molecule has 0 saturated heterocycles. The highest BCUT2D eigenvalue weighted by atomic mass is 14.6. The van der Waals surface area contributed by atoms with Crippen molar-refractivity contribution in [1.29, 1.82) is 0 Å². The van der Waals surface area contributed by atoms with Crippen LogP contribution >= 0.6 is 0 Å². The highest BCUT2D eigenvalue weighted by Crippen LogP contribution is 2.62. The van der Waals surface area contributed by atoms with Crippen molar-refractivity contribution in [3.05, 3.63) is 0 Å². The van der Waals surface area contributed by atoms with E-state index < -0.39 is 0 Å². The monoisotopic (exact) mass is 260 g/mol. The van der Waals surface area contributed by atoms with Gasteiger partial charge in [0.2, 0.25) is 0 Å². The molecule has 0 N–H and O–H groups in total. The summed E-state index contributed by atoms with van der Waals surface area (Å²) in [4.78, 5) is 0. The number of hydrogen-bond donors (Lipinski definition) is 0. The predicted octanol–water partition coefficient (Wildman–Crippen LogP) is 5.81. The number of hydrogen-bond acceptors (Lipinski definition) is 0. The fraction of sp³-hybridized carbons (Fsp3) is 1.00. The van der Waals surface area contributed by atoms with Gasteiger partial charge < -0.3 is 0 Å². The standard InChI is InChI=1S/C19H32/c1-19-13-5-4-7-15(19)10-11-17-16-8-3-2-6-14(16)9-12-18(17)19/h14-18H,2-13H2,1H3/t14-,15-,16-,17+,18+,19+/m1/s1. The van der Waals surface area contributed by atoms with E-state index in [9.17, 15) is 0 Å². The molecule has 0 aromatic carbocycles. The first-order valence-electron chi connectivity index (χ1n) is 9.29. The zero-order chi connectivity index (χ0) is 12.9. The van der Waals surface area contributed by atoms with Gasteiger partial charge in [-0.05, 0) is 80.0 Å². The third-order valence-electron chi connectivity index (χ3n) is 8.03. The van der Waals surface area contributed by atoms with E-state index in [1.807, 2.05) is 0 Å². The summed E-state index contributed by atoms with van der Waals surface area (Å²) in [5.41, 5.74) is 0.754. The van der Waals surface area contributed by atoms with Crippen LogP contribution in [0.5, 0.6) is 0 Å². The van der Waals surface area contributed by atoms with E-state index in [4.69, 9.17) is 0 Å². The van der Waals surface area contributed by atoms with Gasteiger partial charge in [0, 0.05) is 0 Å². The Labute approximate surface area is 119 Å². The molecule has 4 rings (SSSR count). The Kier molecular flexibility index (Phi) is 3.20. The van der Waals surface area contributed by atoms with E-state index in [0.717, 1.165) is 35.0 Å². The Balaban J connectivity index is 1.60. The van der Waals surface area contributed by atoms with Gasteiger partial charge in [0.1, 0.15) is 0 Å². The predicted molar refractivity (Wildman–Crippen MR) is 81.0 cm³/mol. The van der Waals surface area contributed by atoms with Crippen molar-refractivity contribution in [3.8, 4) is 0 Å². The molecule has 6 atom stereocenters. The Hall–Kier alpha value is 0. The average molecular weight is 260 g/mol. The van der Waals surface area contributed by atoms with Crippen molar-refractivity contribution < 1.29 is 0 Å². The molecule has 19 heavy (non-hydrogen) atoms. The molecule has 0 unspecified atom stereocenters. The van der Waals surface area contributed by atoms with Gasteiger partial charge in [0.15, 0.2) is 0 Å². The quantitative estimate of drug-likeness (QED) is 0.515. The molecule has 0 amide bonds. The molecular weight excluding hydrogens is 228 g/mol. The first kappa shape index (κ1) is 12.7. The van der Waals surface area contributed by atoms with Gasteiger partial charge in [0.05, 0.1) is 0 Å². The molecular formula is C19H32. The smallest absolute Gasteiger partial charge is 0.0266 e. The maximum atomic E-state index is 2.71. The van der Waals surface area contributed by atoms with E-state index in [-0.39, 0.29) is 0 Å².